The second kappa shape index (κ2) is 4.19. The lowest BCUT2D eigenvalue weighted by Crippen LogP contribution is -2.69. The molecule has 3 aliphatic carbocycles. The van der Waals surface area contributed by atoms with E-state index in [2.05, 4.69) is 26.1 Å². The van der Waals surface area contributed by atoms with Crippen molar-refractivity contribution in [3.63, 3.8) is 0 Å². The van der Waals surface area contributed by atoms with Crippen LogP contribution in [-0.4, -0.2) is 29.3 Å². The van der Waals surface area contributed by atoms with E-state index in [1.54, 1.807) is 0 Å². The van der Waals surface area contributed by atoms with Gasteiger partial charge >= 0.3 is 0 Å². The Morgan fingerprint density at radius 3 is 2.47 bits per heavy atom. The Balaban J connectivity index is 1.83. The molecule has 110 valence electrons. The molecule has 0 aromatic rings. The average Bonchev–Trinajstić information content (AvgIpc) is 2.30. The lowest BCUT2D eigenvalue weighted by atomic mass is 9.40. The summed E-state index contributed by atoms with van der Waals surface area (Å²) in [5.74, 6) is 2.67. The van der Waals surface area contributed by atoms with Gasteiger partial charge in [0.05, 0.1) is 5.60 Å². The number of aliphatic hydroxyl groups is 1. The van der Waals surface area contributed by atoms with Crippen LogP contribution in [0.2, 0.25) is 0 Å². The monoisotopic (exact) mass is 266 g/mol. The Kier molecular flexibility index (Phi) is 3.05. The maximum Gasteiger partial charge on any atom is 0.0646 e. The van der Waals surface area contributed by atoms with Gasteiger partial charge in [-0.25, -0.2) is 0 Å². The first kappa shape index (κ1) is 13.8. The van der Waals surface area contributed by atoms with Crippen molar-refractivity contribution in [1.29, 1.82) is 0 Å². The molecule has 4 aliphatic rings. The highest BCUT2D eigenvalue weighted by Gasteiger charge is 2.61. The van der Waals surface area contributed by atoms with E-state index in [-0.39, 0.29) is 0 Å². The van der Waals surface area contributed by atoms with Crippen molar-refractivity contribution in [2.45, 2.75) is 64.6 Å². The number of nitrogens with one attached hydrogen (secondary N) is 1. The molecule has 0 radical (unpaired) electrons. The molecule has 4 fully saturated rings. The number of hydrogen-bond acceptors (Lipinski definition) is 3. The predicted molar refractivity (Wildman–Crippen MR) is 77.7 cm³/mol. The van der Waals surface area contributed by atoms with Crippen LogP contribution in [0.15, 0.2) is 0 Å². The van der Waals surface area contributed by atoms with E-state index >= 15 is 0 Å². The minimum atomic E-state index is -0.510. The van der Waals surface area contributed by atoms with Gasteiger partial charge < -0.3 is 16.2 Å². The summed E-state index contributed by atoms with van der Waals surface area (Å²) in [4.78, 5) is 0. The molecular weight excluding hydrogens is 236 g/mol. The molecule has 1 heterocycles. The average molecular weight is 266 g/mol. The molecule has 0 aromatic heterocycles. The predicted octanol–water partition coefficient (Wildman–Crippen LogP) is 1.74. The van der Waals surface area contributed by atoms with Gasteiger partial charge in [0.25, 0.3) is 0 Å². The van der Waals surface area contributed by atoms with Gasteiger partial charge in [0.2, 0.25) is 0 Å². The fourth-order valence-corrected chi connectivity index (χ4v) is 5.42. The fourth-order valence-electron chi connectivity index (χ4n) is 5.42. The molecular formula is C16H30N2O. The van der Waals surface area contributed by atoms with Crippen LogP contribution in [0.5, 0.6) is 0 Å². The molecule has 19 heavy (non-hydrogen) atoms. The number of hydrogen-bond donors (Lipinski definition) is 3. The minimum Gasteiger partial charge on any atom is -0.390 e. The highest BCUT2D eigenvalue weighted by atomic mass is 16.3. The first-order valence-corrected chi connectivity index (χ1v) is 7.95. The first-order chi connectivity index (χ1) is 8.74. The van der Waals surface area contributed by atoms with Crippen LogP contribution >= 0.6 is 0 Å². The molecule has 4 N–H and O–H groups in total. The highest BCUT2D eigenvalue weighted by Crippen LogP contribution is 2.64. The Morgan fingerprint density at radius 1 is 1.21 bits per heavy atom. The molecule has 4 rings (SSSR count). The van der Waals surface area contributed by atoms with Crippen molar-refractivity contribution in [2.24, 2.45) is 34.8 Å². The number of nitrogens with two attached hydrogens (primary N) is 1. The zero-order chi connectivity index (χ0) is 14.0. The van der Waals surface area contributed by atoms with E-state index in [1.165, 1.54) is 6.42 Å². The Bertz CT molecular complexity index is 366. The SMILES string of the molecule is C[C@H]1[C@H]2C[C@@H](C(C3CC(C)(O)CCN3)[C@@H]1N)C2(C)C. The summed E-state index contributed by atoms with van der Waals surface area (Å²) in [6.07, 6.45) is 3.06. The summed E-state index contributed by atoms with van der Waals surface area (Å²) >= 11 is 0. The molecule has 7 atom stereocenters. The quantitative estimate of drug-likeness (QED) is 0.677. The summed E-state index contributed by atoms with van der Waals surface area (Å²) in [6, 6.07) is 0.690. The smallest absolute Gasteiger partial charge is 0.0646 e. The van der Waals surface area contributed by atoms with Crippen molar-refractivity contribution in [3.8, 4) is 0 Å². The second-order valence-electron chi connectivity index (χ2n) is 8.30. The van der Waals surface area contributed by atoms with E-state index in [0.29, 0.717) is 29.3 Å². The zero-order valence-corrected chi connectivity index (χ0v) is 12.8. The van der Waals surface area contributed by atoms with Gasteiger partial charge in [-0.3, -0.25) is 0 Å². The summed E-state index contributed by atoms with van der Waals surface area (Å²) in [7, 11) is 0. The van der Waals surface area contributed by atoms with E-state index in [4.69, 9.17) is 5.73 Å². The molecule has 0 amide bonds. The topological polar surface area (TPSA) is 58.3 Å². The standard InChI is InChI=1S/C16H30N2O/c1-9-10-7-11(15(10,2)3)13(14(9)17)12-8-16(4,19)5-6-18-12/h9-14,18-19H,5-8,17H2,1-4H3/t9-,10+,11-,12?,13?,14+,16?/m0/s1. The highest BCUT2D eigenvalue weighted by molar-refractivity contribution is 5.13. The molecule has 0 spiro atoms. The van der Waals surface area contributed by atoms with Crippen molar-refractivity contribution >= 4 is 0 Å². The molecule has 3 saturated carbocycles. The van der Waals surface area contributed by atoms with Crippen LogP contribution in [0.1, 0.15) is 47.0 Å². The molecule has 2 bridgehead atoms. The summed E-state index contributed by atoms with van der Waals surface area (Å²) in [5.41, 5.74) is 6.49. The van der Waals surface area contributed by atoms with E-state index in [0.717, 1.165) is 31.2 Å². The van der Waals surface area contributed by atoms with Crippen LogP contribution in [0.25, 0.3) is 0 Å². The Hall–Kier alpha value is -0.120. The van der Waals surface area contributed by atoms with Gasteiger partial charge in [0.1, 0.15) is 0 Å². The summed E-state index contributed by atoms with van der Waals surface area (Å²) in [6.45, 7) is 10.1. The first-order valence-electron chi connectivity index (χ1n) is 7.95. The van der Waals surface area contributed by atoms with Crippen molar-refractivity contribution in [3.05, 3.63) is 0 Å². The lowest BCUT2D eigenvalue weighted by Gasteiger charge is -2.66. The van der Waals surface area contributed by atoms with Crippen LogP contribution in [0.3, 0.4) is 0 Å². The largest absolute Gasteiger partial charge is 0.390 e. The maximum atomic E-state index is 10.4. The van der Waals surface area contributed by atoms with Gasteiger partial charge in [-0.05, 0) is 61.8 Å². The molecule has 1 saturated heterocycles. The third-order valence-electron chi connectivity index (χ3n) is 6.76. The van der Waals surface area contributed by atoms with Crippen LogP contribution < -0.4 is 11.1 Å². The van der Waals surface area contributed by atoms with Gasteiger partial charge in [-0.1, -0.05) is 20.8 Å². The van der Waals surface area contributed by atoms with Gasteiger partial charge in [0.15, 0.2) is 0 Å². The molecule has 3 heteroatoms. The number of piperidine rings is 1. The number of fused-ring (bicyclic) bond motifs is 2. The van der Waals surface area contributed by atoms with Crippen molar-refractivity contribution in [2.75, 3.05) is 6.54 Å². The van der Waals surface area contributed by atoms with Crippen LogP contribution in [-0.2, 0) is 0 Å². The third kappa shape index (κ3) is 1.97. The fraction of sp³-hybridized carbons (Fsp3) is 1.00. The van der Waals surface area contributed by atoms with E-state index in [9.17, 15) is 5.11 Å². The third-order valence-corrected chi connectivity index (χ3v) is 6.76. The minimum absolute atomic E-state index is 0.295. The van der Waals surface area contributed by atoms with Crippen molar-refractivity contribution < 1.29 is 5.11 Å². The second-order valence-corrected chi connectivity index (χ2v) is 8.30. The van der Waals surface area contributed by atoms with Crippen LogP contribution in [0, 0.1) is 29.1 Å². The Morgan fingerprint density at radius 2 is 1.89 bits per heavy atom. The summed E-state index contributed by atoms with van der Waals surface area (Å²) in [5, 5.41) is 14.0. The number of rotatable bonds is 1. The van der Waals surface area contributed by atoms with Crippen LogP contribution in [0.4, 0.5) is 0 Å². The van der Waals surface area contributed by atoms with E-state index < -0.39 is 5.60 Å². The maximum absolute atomic E-state index is 10.4. The van der Waals surface area contributed by atoms with Gasteiger partial charge in [-0.2, -0.15) is 0 Å². The van der Waals surface area contributed by atoms with Gasteiger partial charge in [0, 0.05) is 12.1 Å². The Labute approximate surface area is 117 Å². The van der Waals surface area contributed by atoms with Gasteiger partial charge in [-0.15, -0.1) is 0 Å². The molecule has 3 nitrogen and oxygen atoms in total. The van der Waals surface area contributed by atoms with E-state index in [1.807, 2.05) is 6.92 Å². The molecule has 1 aliphatic heterocycles. The zero-order valence-electron chi connectivity index (χ0n) is 12.8. The van der Waals surface area contributed by atoms with Crippen molar-refractivity contribution in [1.82, 2.24) is 5.32 Å². The lowest BCUT2D eigenvalue weighted by molar-refractivity contribution is -0.163. The normalized spacial score (nSPS) is 56.5. The molecule has 0 aromatic carbocycles. The summed E-state index contributed by atoms with van der Waals surface area (Å²) < 4.78 is 0. The molecule has 3 unspecified atom stereocenters.